The lowest BCUT2D eigenvalue weighted by atomic mass is 10.1. The minimum Gasteiger partial charge on any atom is -0.376 e. The highest BCUT2D eigenvalue weighted by Crippen LogP contribution is 2.21. The van der Waals surface area contributed by atoms with Gasteiger partial charge >= 0.3 is 0 Å². The third kappa shape index (κ3) is 4.05. The van der Waals surface area contributed by atoms with Crippen LogP contribution >= 0.6 is 11.6 Å². The molecule has 5 nitrogen and oxygen atoms in total. The lowest BCUT2D eigenvalue weighted by Gasteiger charge is -2.11. The third-order valence-corrected chi connectivity index (χ3v) is 4.74. The van der Waals surface area contributed by atoms with E-state index >= 15 is 0 Å². The summed E-state index contributed by atoms with van der Waals surface area (Å²) in [5, 5.41) is 8.38. The quantitative estimate of drug-likeness (QED) is 0.853. The zero-order valence-corrected chi connectivity index (χ0v) is 15.5. The third-order valence-electron chi connectivity index (χ3n) is 4.49. The molecule has 2 aromatic rings. The highest BCUT2D eigenvalue weighted by atomic mass is 35.5. The van der Waals surface area contributed by atoms with E-state index in [4.69, 9.17) is 16.3 Å². The summed E-state index contributed by atoms with van der Waals surface area (Å²) in [7, 11) is 0. The molecular formula is C19H24ClN3O2. The van der Waals surface area contributed by atoms with Crippen LogP contribution in [0.2, 0.25) is 5.02 Å². The summed E-state index contributed by atoms with van der Waals surface area (Å²) in [6.45, 7) is 5.36. The first-order valence-electron chi connectivity index (χ1n) is 8.84. The average Bonchev–Trinajstić information content (AvgIpc) is 3.22. The number of benzene rings is 1. The normalized spacial score (nSPS) is 17.0. The first kappa shape index (κ1) is 18.0. The Balaban J connectivity index is 1.85. The van der Waals surface area contributed by atoms with Crippen molar-refractivity contribution in [3.63, 3.8) is 0 Å². The van der Waals surface area contributed by atoms with Gasteiger partial charge < -0.3 is 10.1 Å². The Kier molecular flexibility index (Phi) is 5.76. The van der Waals surface area contributed by atoms with Crippen molar-refractivity contribution >= 4 is 17.5 Å². The molecule has 6 heteroatoms. The highest BCUT2D eigenvalue weighted by Gasteiger charge is 2.23. The second-order valence-corrected chi connectivity index (χ2v) is 6.83. The van der Waals surface area contributed by atoms with Crippen molar-refractivity contribution in [2.45, 2.75) is 45.6 Å². The molecule has 1 atom stereocenters. The molecule has 1 saturated heterocycles. The summed E-state index contributed by atoms with van der Waals surface area (Å²) in [6.07, 6.45) is 3.90. The van der Waals surface area contributed by atoms with Gasteiger partial charge in [-0.15, -0.1) is 0 Å². The van der Waals surface area contributed by atoms with E-state index in [9.17, 15) is 4.79 Å². The van der Waals surface area contributed by atoms with Gasteiger partial charge in [-0.1, -0.05) is 24.9 Å². The highest BCUT2D eigenvalue weighted by molar-refractivity contribution is 6.30. The summed E-state index contributed by atoms with van der Waals surface area (Å²) in [6, 6.07) is 7.47. The Morgan fingerprint density at radius 2 is 2.16 bits per heavy atom. The number of amides is 1. The van der Waals surface area contributed by atoms with Crippen molar-refractivity contribution in [2.24, 2.45) is 0 Å². The van der Waals surface area contributed by atoms with E-state index in [1.807, 2.05) is 35.9 Å². The van der Waals surface area contributed by atoms with E-state index in [1.165, 1.54) is 0 Å². The number of nitrogens with zero attached hydrogens (tertiary/aromatic N) is 2. The van der Waals surface area contributed by atoms with E-state index < -0.39 is 0 Å². The van der Waals surface area contributed by atoms with Crippen LogP contribution in [0, 0.1) is 6.92 Å². The topological polar surface area (TPSA) is 56.2 Å². The molecule has 1 aliphatic heterocycles. The molecule has 25 heavy (non-hydrogen) atoms. The van der Waals surface area contributed by atoms with Gasteiger partial charge in [-0.05, 0) is 50.5 Å². The monoisotopic (exact) mass is 361 g/mol. The first-order valence-corrected chi connectivity index (χ1v) is 9.22. The van der Waals surface area contributed by atoms with Crippen molar-refractivity contribution in [1.82, 2.24) is 15.1 Å². The zero-order valence-electron chi connectivity index (χ0n) is 14.7. The number of ether oxygens (including phenoxy) is 1. The van der Waals surface area contributed by atoms with Crippen molar-refractivity contribution in [2.75, 3.05) is 13.2 Å². The standard InChI is InChI=1S/C19H24ClN3O2/c1-3-5-17-18(19(24)21-12-16-6-4-11-25-16)13(2)23(22-17)15-9-7-14(20)8-10-15/h7-10,16H,3-6,11-12H2,1-2H3,(H,21,24)/t16-/m0/s1. The molecule has 1 aromatic carbocycles. The molecule has 134 valence electrons. The number of rotatable bonds is 6. The molecule has 0 spiro atoms. The summed E-state index contributed by atoms with van der Waals surface area (Å²) >= 11 is 5.97. The predicted molar refractivity (Wildman–Crippen MR) is 98.6 cm³/mol. The number of halogens is 1. The van der Waals surface area contributed by atoms with E-state index in [2.05, 4.69) is 17.3 Å². The smallest absolute Gasteiger partial charge is 0.255 e. The molecule has 0 bridgehead atoms. The minimum absolute atomic E-state index is 0.0725. The first-order chi connectivity index (χ1) is 12.1. The average molecular weight is 362 g/mol. The molecule has 2 heterocycles. The van der Waals surface area contributed by atoms with Crippen LogP contribution in [0.4, 0.5) is 0 Å². The van der Waals surface area contributed by atoms with Crippen molar-refractivity contribution in [3.05, 3.63) is 46.2 Å². The number of hydrogen-bond donors (Lipinski definition) is 1. The molecule has 1 aliphatic rings. The van der Waals surface area contributed by atoms with E-state index in [1.54, 1.807) is 0 Å². The number of aromatic nitrogens is 2. The fourth-order valence-electron chi connectivity index (χ4n) is 3.20. The number of carbonyl (C=O) groups excluding carboxylic acids is 1. The Morgan fingerprint density at radius 3 is 2.80 bits per heavy atom. The van der Waals surface area contributed by atoms with Gasteiger partial charge in [-0.2, -0.15) is 5.10 Å². The van der Waals surface area contributed by atoms with Gasteiger partial charge in [0.05, 0.1) is 28.7 Å². The molecular weight excluding hydrogens is 338 g/mol. The predicted octanol–water partition coefficient (Wildman–Crippen LogP) is 3.70. The van der Waals surface area contributed by atoms with Crippen LogP contribution in [0.25, 0.3) is 5.69 Å². The van der Waals surface area contributed by atoms with Crippen LogP contribution in [0.3, 0.4) is 0 Å². The Bertz CT molecular complexity index is 734. The second-order valence-electron chi connectivity index (χ2n) is 6.39. The summed E-state index contributed by atoms with van der Waals surface area (Å²) in [4.78, 5) is 12.8. The van der Waals surface area contributed by atoms with E-state index in [-0.39, 0.29) is 12.0 Å². The Hall–Kier alpha value is -1.85. The fraction of sp³-hybridized carbons (Fsp3) is 0.474. The van der Waals surface area contributed by atoms with Crippen molar-refractivity contribution < 1.29 is 9.53 Å². The van der Waals surface area contributed by atoms with Gasteiger partial charge in [0.1, 0.15) is 0 Å². The molecule has 1 N–H and O–H groups in total. The van der Waals surface area contributed by atoms with Gasteiger partial charge in [0, 0.05) is 18.2 Å². The van der Waals surface area contributed by atoms with E-state index in [0.717, 1.165) is 49.4 Å². The molecule has 0 aliphatic carbocycles. The van der Waals surface area contributed by atoms with Crippen LogP contribution < -0.4 is 5.32 Å². The van der Waals surface area contributed by atoms with Crippen LogP contribution in [0.5, 0.6) is 0 Å². The van der Waals surface area contributed by atoms with Gasteiger partial charge in [0.2, 0.25) is 0 Å². The van der Waals surface area contributed by atoms with Crippen molar-refractivity contribution in [1.29, 1.82) is 0 Å². The summed E-state index contributed by atoms with van der Waals surface area (Å²) in [5.41, 5.74) is 3.25. The molecule has 1 aromatic heterocycles. The van der Waals surface area contributed by atoms with Gasteiger partial charge in [-0.25, -0.2) is 4.68 Å². The zero-order chi connectivity index (χ0) is 17.8. The van der Waals surface area contributed by atoms with Crippen LogP contribution in [-0.2, 0) is 11.2 Å². The molecule has 0 unspecified atom stereocenters. The molecule has 3 rings (SSSR count). The summed E-state index contributed by atoms with van der Waals surface area (Å²) in [5.74, 6) is -0.0725. The Morgan fingerprint density at radius 1 is 1.40 bits per heavy atom. The molecule has 1 amide bonds. The maximum absolute atomic E-state index is 12.8. The number of hydrogen-bond acceptors (Lipinski definition) is 3. The Labute approximate surface area is 153 Å². The van der Waals surface area contributed by atoms with Gasteiger partial charge in [-0.3, -0.25) is 4.79 Å². The van der Waals surface area contributed by atoms with Crippen LogP contribution in [-0.4, -0.2) is 34.9 Å². The second kappa shape index (κ2) is 8.02. The van der Waals surface area contributed by atoms with Crippen LogP contribution in [0.1, 0.15) is 47.9 Å². The van der Waals surface area contributed by atoms with Gasteiger partial charge in [0.25, 0.3) is 5.91 Å². The van der Waals surface area contributed by atoms with Crippen molar-refractivity contribution in [3.8, 4) is 5.69 Å². The largest absolute Gasteiger partial charge is 0.376 e. The summed E-state index contributed by atoms with van der Waals surface area (Å²) < 4.78 is 7.41. The lowest BCUT2D eigenvalue weighted by Crippen LogP contribution is -2.32. The maximum Gasteiger partial charge on any atom is 0.255 e. The molecule has 0 radical (unpaired) electrons. The maximum atomic E-state index is 12.8. The number of carbonyl (C=O) groups is 1. The van der Waals surface area contributed by atoms with E-state index in [0.29, 0.717) is 17.1 Å². The van der Waals surface area contributed by atoms with Gasteiger partial charge in [0.15, 0.2) is 0 Å². The molecule has 1 fully saturated rings. The fourth-order valence-corrected chi connectivity index (χ4v) is 3.33. The van der Waals surface area contributed by atoms with Crippen LogP contribution in [0.15, 0.2) is 24.3 Å². The number of nitrogens with one attached hydrogen (secondary N) is 1. The minimum atomic E-state index is -0.0725. The molecule has 0 saturated carbocycles. The SMILES string of the molecule is CCCc1nn(-c2ccc(Cl)cc2)c(C)c1C(=O)NC[C@@H]1CCCO1. The number of aryl methyl sites for hydroxylation is 1. The lowest BCUT2D eigenvalue weighted by molar-refractivity contribution is 0.0856.